The van der Waals surface area contributed by atoms with Crippen molar-refractivity contribution in [2.75, 3.05) is 0 Å². The first-order valence-electron chi connectivity index (χ1n) is 14.8. The van der Waals surface area contributed by atoms with Crippen LogP contribution in [0.5, 0.6) is 0 Å². The van der Waals surface area contributed by atoms with Gasteiger partial charge in [0.2, 0.25) is 0 Å². The van der Waals surface area contributed by atoms with Gasteiger partial charge in [-0.15, -0.1) is 0 Å². The van der Waals surface area contributed by atoms with Gasteiger partial charge in [0.25, 0.3) is 0 Å². The molecule has 44 heavy (non-hydrogen) atoms. The summed E-state index contributed by atoms with van der Waals surface area (Å²) >= 11 is 0. The standard InChI is InChI=1S/C40H22N4/c1-3-10-27-25(8-1)26-9-2-4-11-28(26)37-32-18-17-30(29-12-5-13-31(35(29)32)36(27)37)40-42-22-20-34(44-40)33-19-16-24-15-14-23-7-6-21-41-38(23)39(24)43-33/h1-22H. The Morgan fingerprint density at radius 3 is 1.80 bits per heavy atom. The van der Waals surface area contributed by atoms with Crippen molar-refractivity contribution in [3.05, 3.63) is 134 Å². The molecule has 10 rings (SSSR count). The van der Waals surface area contributed by atoms with Crippen LogP contribution in [-0.2, 0) is 0 Å². The molecule has 9 aromatic rings. The van der Waals surface area contributed by atoms with Gasteiger partial charge in [-0.1, -0.05) is 97.1 Å². The summed E-state index contributed by atoms with van der Waals surface area (Å²) < 4.78 is 0. The maximum absolute atomic E-state index is 5.08. The fourth-order valence-electron chi connectivity index (χ4n) is 7.22. The van der Waals surface area contributed by atoms with E-state index in [4.69, 9.17) is 15.0 Å². The zero-order valence-electron chi connectivity index (χ0n) is 23.5. The minimum Gasteiger partial charge on any atom is -0.254 e. The molecule has 1 aliphatic rings. The van der Waals surface area contributed by atoms with Crippen molar-refractivity contribution in [3.8, 4) is 45.0 Å². The maximum Gasteiger partial charge on any atom is 0.160 e. The molecule has 4 nitrogen and oxygen atoms in total. The van der Waals surface area contributed by atoms with Crippen molar-refractivity contribution in [2.24, 2.45) is 0 Å². The van der Waals surface area contributed by atoms with Gasteiger partial charge in [0.05, 0.1) is 22.4 Å². The summed E-state index contributed by atoms with van der Waals surface area (Å²) in [5, 5.41) is 9.69. The summed E-state index contributed by atoms with van der Waals surface area (Å²) in [6.07, 6.45) is 3.66. The molecule has 0 N–H and O–H groups in total. The lowest BCUT2D eigenvalue weighted by atomic mass is 9.90. The van der Waals surface area contributed by atoms with Gasteiger partial charge in [0.15, 0.2) is 5.82 Å². The molecule has 0 fully saturated rings. The predicted molar refractivity (Wildman–Crippen MR) is 180 cm³/mol. The molecule has 0 saturated carbocycles. The van der Waals surface area contributed by atoms with Gasteiger partial charge in [-0.25, -0.2) is 15.0 Å². The average molecular weight is 559 g/mol. The van der Waals surface area contributed by atoms with Crippen molar-refractivity contribution in [3.63, 3.8) is 0 Å². The van der Waals surface area contributed by atoms with Gasteiger partial charge in [0.1, 0.15) is 0 Å². The first-order chi connectivity index (χ1) is 21.8. The molecule has 0 bridgehead atoms. The summed E-state index contributed by atoms with van der Waals surface area (Å²) in [6.45, 7) is 0. The summed E-state index contributed by atoms with van der Waals surface area (Å²) in [6, 6.07) is 42.9. The van der Waals surface area contributed by atoms with Crippen LogP contribution in [0, 0.1) is 0 Å². The Morgan fingerprint density at radius 2 is 1.00 bits per heavy atom. The highest BCUT2D eigenvalue weighted by Crippen LogP contribution is 2.54. The maximum atomic E-state index is 5.08. The van der Waals surface area contributed by atoms with Gasteiger partial charge in [0, 0.05) is 28.7 Å². The number of hydrogen-bond acceptors (Lipinski definition) is 4. The highest BCUT2D eigenvalue weighted by atomic mass is 14.9. The van der Waals surface area contributed by atoms with E-state index >= 15 is 0 Å². The van der Waals surface area contributed by atoms with Crippen LogP contribution < -0.4 is 0 Å². The highest BCUT2D eigenvalue weighted by Gasteiger charge is 2.27. The molecular weight excluding hydrogens is 536 g/mol. The first kappa shape index (κ1) is 23.6. The Balaban J connectivity index is 1.19. The third-order valence-corrected chi connectivity index (χ3v) is 9.10. The predicted octanol–water partition coefficient (Wildman–Crippen LogP) is 10.0. The topological polar surface area (TPSA) is 51.6 Å². The molecule has 0 amide bonds. The molecule has 4 heteroatoms. The largest absolute Gasteiger partial charge is 0.254 e. The van der Waals surface area contributed by atoms with E-state index in [0.29, 0.717) is 5.82 Å². The zero-order chi connectivity index (χ0) is 28.8. The van der Waals surface area contributed by atoms with Crippen molar-refractivity contribution >= 4 is 54.1 Å². The molecule has 0 saturated heterocycles. The summed E-state index contributed by atoms with van der Waals surface area (Å²) in [5.41, 5.74) is 9.54. The van der Waals surface area contributed by atoms with Crippen LogP contribution in [0.2, 0.25) is 0 Å². The van der Waals surface area contributed by atoms with Crippen LogP contribution in [0.25, 0.3) is 99.2 Å². The van der Waals surface area contributed by atoms with E-state index in [1.165, 1.54) is 49.2 Å². The van der Waals surface area contributed by atoms with Gasteiger partial charge in [-0.3, -0.25) is 4.98 Å². The van der Waals surface area contributed by atoms with E-state index in [0.717, 1.165) is 44.1 Å². The molecule has 0 aliphatic heterocycles. The number of nitrogens with zero attached hydrogens (tertiary/aromatic N) is 4. The van der Waals surface area contributed by atoms with E-state index in [1.807, 2.05) is 30.6 Å². The van der Waals surface area contributed by atoms with Gasteiger partial charge in [-0.05, 0) is 78.8 Å². The van der Waals surface area contributed by atoms with E-state index in [9.17, 15) is 0 Å². The van der Waals surface area contributed by atoms with Crippen molar-refractivity contribution in [2.45, 2.75) is 0 Å². The van der Waals surface area contributed by atoms with Crippen LogP contribution >= 0.6 is 0 Å². The second-order valence-corrected chi connectivity index (χ2v) is 11.4. The minimum absolute atomic E-state index is 0.690. The number of aromatic nitrogens is 4. The Labute approximate surface area is 252 Å². The van der Waals surface area contributed by atoms with Crippen LogP contribution in [0.15, 0.2) is 134 Å². The second-order valence-electron chi connectivity index (χ2n) is 11.4. The number of benzene rings is 6. The molecule has 202 valence electrons. The molecule has 0 radical (unpaired) electrons. The normalized spacial score (nSPS) is 12.1. The van der Waals surface area contributed by atoms with Gasteiger partial charge in [-0.2, -0.15) is 0 Å². The van der Waals surface area contributed by atoms with Crippen LogP contribution in [0.3, 0.4) is 0 Å². The fourth-order valence-corrected chi connectivity index (χ4v) is 7.22. The third-order valence-electron chi connectivity index (χ3n) is 9.10. The van der Waals surface area contributed by atoms with E-state index in [1.54, 1.807) is 0 Å². The first-order valence-corrected chi connectivity index (χ1v) is 14.8. The number of rotatable bonds is 2. The number of pyridine rings is 2. The van der Waals surface area contributed by atoms with E-state index < -0.39 is 0 Å². The van der Waals surface area contributed by atoms with Crippen LogP contribution in [0.1, 0.15) is 0 Å². The van der Waals surface area contributed by atoms with Crippen LogP contribution in [-0.4, -0.2) is 19.9 Å². The Morgan fingerprint density at radius 1 is 0.364 bits per heavy atom. The van der Waals surface area contributed by atoms with E-state index in [2.05, 4.69) is 108 Å². The SMILES string of the molecule is c1cnc2c(c1)ccc1ccc(-c3ccnc(-c4ccc5c6c(cccc46)-c4c-5c5ccccc5c5ccccc45)n3)nc12. The summed E-state index contributed by atoms with van der Waals surface area (Å²) in [7, 11) is 0. The molecule has 0 unspecified atom stereocenters. The van der Waals surface area contributed by atoms with E-state index in [-0.39, 0.29) is 0 Å². The lowest BCUT2D eigenvalue weighted by Gasteiger charge is -2.13. The summed E-state index contributed by atoms with van der Waals surface area (Å²) in [4.78, 5) is 19.5. The Kier molecular flexibility index (Phi) is 4.69. The molecular formula is C40H22N4. The number of fused-ring (bicyclic) bond motifs is 11. The molecule has 0 atom stereocenters. The fraction of sp³-hybridized carbons (Fsp3) is 0. The second kappa shape index (κ2) is 8.76. The smallest absolute Gasteiger partial charge is 0.160 e. The zero-order valence-corrected chi connectivity index (χ0v) is 23.5. The number of hydrogen-bond donors (Lipinski definition) is 0. The minimum atomic E-state index is 0.690. The highest BCUT2D eigenvalue weighted by molar-refractivity contribution is 6.31. The van der Waals surface area contributed by atoms with Crippen LogP contribution in [0.4, 0.5) is 0 Å². The molecule has 3 heterocycles. The molecule has 0 spiro atoms. The lowest BCUT2D eigenvalue weighted by molar-refractivity contribution is 1.17. The Bertz CT molecular complexity index is 2610. The molecule has 1 aliphatic carbocycles. The monoisotopic (exact) mass is 558 g/mol. The third kappa shape index (κ3) is 3.17. The lowest BCUT2D eigenvalue weighted by Crippen LogP contribution is -1.95. The average Bonchev–Trinajstić information content (AvgIpc) is 3.44. The quantitative estimate of drug-likeness (QED) is 0.198. The molecule has 3 aromatic heterocycles. The van der Waals surface area contributed by atoms with Crippen molar-refractivity contribution in [1.82, 2.24) is 19.9 Å². The molecule has 6 aromatic carbocycles. The van der Waals surface area contributed by atoms with Gasteiger partial charge < -0.3 is 0 Å². The summed E-state index contributed by atoms with van der Waals surface area (Å²) in [5.74, 6) is 0.690. The van der Waals surface area contributed by atoms with Crippen molar-refractivity contribution < 1.29 is 0 Å². The Hall–Kier alpha value is -6.00. The van der Waals surface area contributed by atoms with Gasteiger partial charge >= 0.3 is 0 Å². The van der Waals surface area contributed by atoms with Crippen molar-refractivity contribution in [1.29, 1.82) is 0 Å².